The van der Waals surface area contributed by atoms with Crippen LogP contribution in [0.1, 0.15) is 74.5 Å². The van der Waals surface area contributed by atoms with Gasteiger partial charge in [-0.05, 0) is 38.8 Å². The average Bonchev–Trinajstić information content (AvgIpc) is 3.01. The number of hydrogen-bond acceptors (Lipinski definition) is 5. The van der Waals surface area contributed by atoms with Gasteiger partial charge in [-0.25, -0.2) is 10.9 Å². The molecule has 0 spiro atoms. The Kier molecular flexibility index (Phi) is 7.73. The molecule has 126 valence electrons. The van der Waals surface area contributed by atoms with E-state index in [9.17, 15) is 9.59 Å². The predicted octanol–water partition coefficient (Wildman–Crippen LogP) is 3.09. The van der Waals surface area contributed by atoms with E-state index < -0.39 is 11.8 Å². The summed E-state index contributed by atoms with van der Waals surface area (Å²) in [6.07, 6.45) is 3.52. The summed E-state index contributed by atoms with van der Waals surface area (Å²) in [5, 5.41) is 7.92. The third-order valence-electron chi connectivity index (χ3n) is 2.97. The Morgan fingerprint density at radius 1 is 0.913 bits per heavy atom. The van der Waals surface area contributed by atoms with Gasteiger partial charge in [-0.2, -0.15) is 10.2 Å². The summed E-state index contributed by atoms with van der Waals surface area (Å²) in [6, 6.07) is 2.86. The Balaban J connectivity index is 2.63. The van der Waals surface area contributed by atoms with Crippen molar-refractivity contribution >= 4 is 23.2 Å². The maximum atomic E-state index is 11.9. The molecule has 0 unspecified atom stereocenters. The molecule has 2 amide bonds. The van der Waals surface area contributed by atoms with E-state index in [-0.39, 0.29) is 11.5 Å². The number of carbonyl (C=O) groups is 2. The van der Waals surface area contributed by atoms with Crippen LogP contribution >= 0.6 is 0 Å². The highest BCUT2D eigenvalue weighted by atomic mass is 16.4. The van der Waals surface area contributed by atoms with E-state index in [0.29, 0.717) is 0 Å². The number of hydrogen-bond donors (Lipinski definition) is 2. The molecule has 1 aromatic heterocycles. The zero-order chi connectivity index (χ0) is 17.2. The Labute approximate surface area is 136 Å². The van der Waals surface area contributed by atoms with Gasteiger partial charge in [0.25, 0.3) is 0 Å². The SMILES string of the molecule is CCCC(C)=NNC(=O)c1ccc(C(=O)NN=C(C)CCC)o1. The van der Waals surface area contributed by atoms with E-state index in [1.54, 1.807) is 0 Å². The number of nitrogens with zero attached hydrogens (tertiary/aromatic N) is 2. The van der Waals surface area contributed by atoms with Crippen LogP contribution in [0.25, 0.3) is 0 Å². The molecule has 0 fully saturated rings. The molecule has 0 bridgehead atoms. The second-order valence-electron chi connectivity index (χ2n) is 5.24. The number of amides is 2. The molecular weight excluding hydrogens is 296 g/mol. The summed E-state index contributed by atoms with van der Waals surface area (Å²) in [7, 11) is 0. The van der Waals surface area contributed by atoms with E-state index in [4.69, 9.17) is 4.42 Å². The number of rotatable bonds is 8. The largest absolute Gasteiger partial charge is 0.446 e. The van der Waals surface area contributed by atoms with Gasteiger partial charge in [0.05, 0.1) is 0 Å². The zero-order valence-corrected chi connectivity index (χ0v) is 14.1. The molecule has 1 aromatic rings. The molecular formula is C16H24N4O3. The minimum atomic E-state index is -0.495. The highest BCUT2D eigenvalue weighted by Crippen LogP contribution is 2.08. The molecule has 23 heavy (non-hydrogen) atoms. The molecule has 0 aromatic carbocycles. The Bertz CT molecular complexity index is 552. The van der Waals surface area contributed by atoms with Crippen molar-refractivity contribution in [3.8, 4) is 0 Å². The highest BCUT2D eigenvalue weighted by molar-refractivity contribution is 5.96. The molecule has 0 radical (unpaired) electrons. The monoisotopic (exact) mass is 320 g/mol. The second kappa shape index (κ2) is 9.55. The molecule has 0 aliphatic heterocycles. The first-order valence-corrected chi connectivity index (χ1v) is 7.74. The molecule has 1 rings (SSSR count). The van der Waals surface area contributed by atoms with Crippen LogP contribution in [0.2, 0.25) is 0 Å². The lowest BCUT2D eigenvalue weighted by atomic mass is 10.2. The lowest BCUT2D eigenvalue weighted by Crippen LogP contribution is -2.19. The fourth-order valence-electron chi connectivity index (χ4n) is 1.82. The van der Waals surface area contributed by atoms with Crippen LogP contribution in [0.5, 0.6) is 0 Å². The van der Waals surface area contributed by atoms with Gasteiger partial charge in [0, 0.05) is 11.4 Å². The van der Waals surface area contributed by atoms with Gasteiger partial charge in [-0.15, -0.1) is 0 Å². The van der Waals surface area contributed by atoms with Crippen LogP contribution in [-0.2, 0) is 0 Å². The van der Waals surface area contributed by atoms with Gasteiger partial charge < -0.3 is 4.42 Å². The van der Waals surface area contributed by atoms with Crippen LogP contribution in [0.3, 0.4) is 0 Å². The van der Waals surface area contributed by atoms with E-state index in [1.165, 1.54) is 12.1 Å². The van der Waals surface area contributed by atoms with Gasteiger partial charge in [-0.3, -0.25) is 9.59 Å². The Hall–Kier alpha value is -2.44. The molecule has 0 atom stereocenters. The Morgan fingerprint density at radius 3 is 1.65 bits per heavy atom. The lowest BCUT2D eigenvalue weighted by Gasteiger charge is -2.00. The van der Waals surface area contributed by atoms with Crippen molar-refractivity contribution in [1.29, 1.82) is 0 Å². The third-order valence-corrected chi connectivity index (χ3v) is 2.97. The van der Waals surface area contributed by atoms with Crippen LogP contribution in [0, 0.1) is 0 Å². The van der Waals surface area contributed by atoms with Crippen molar-refractivity contribution < 1.29 is 14.0 Å². The highest BCUT2D eigenvalue weighted by Gasteiger charge is 2.15. The molecule has 0 saturated heterocycles. The molecule has 0 aliphatic rings. The minimum Gasteiger partial charge on any atom is -0.446 e. The zero-order valence-electron chi connectivity index (χ0n) is 14.1. The average molecular weight is 320 g/mol. The van der Waals surface area contributed by atoms with Gasteiger partial charge in [0.15, 0.2) is 11.5 Å². The molecule has 0 saturated carbocycles. The topological polar surface area (TPSA) is 96.1 Å². The van der Waals surface area contributed by atoms with E-state index in [2.05, 4.69) is 21.1 Å². The number of hydrazone groups is 2. The first kappa shape index (κ1) is 18.6. The first-order valence-electron chi connectivity index (χ1n) is 7.74. The Morgan fingerprint density at radius 2 is 1.30 bits per heavy atom. The standard InChI is InChI=1S/C16H24N4O3/c1-5-7-11(3)17-19-15(21)13-9-10-14(23-13)16(22)20-18-12(4)8-6-2/h9-10H,5-8H2,1-4H3,(H,19,21)(H,20,22). The van der Waals surface area contributed by atoms with Crippen molar-refractivity contribution in [2.24, 2.45) is 10.2 Å². The summed E-state index contributed by atoms with van der Waals surface area (Å²) in [6.45, 7) is 7.73. The minimum absolute atomic E-state index is 0.0254. The molecule has 7 nitrogen and oxygen atoms in total. The number of furan rings is 1. The lowest BCUT2D eigenvalue weighted by molar-refractivity contribution is 0.0902. The van der Waals surface area contributed by atoms with E-state index >= 15 is 0 Å². The molecule has 2 N–H and O–H groups in total. The summed E-state index contributed by atoms with van der Waals surface area (Å²) < 4.78 is 5.23. The number of carbonyl (C=O) groups excluding carboxylic acids is 2. The molecule has 7 heteroatoms. The summed E-state index contributed by atoms with van der Waals surface area (Å²) in [5.41, 5.74) is 6.45. The van der Waals surface area contributed by atoms with Crippen molar-refractivity contribution in [3.63, 3.8) is 0 Å². The van der Waals surface area contributed by atoms with E-state index in [1.807, 2.05) is 27.7 Å². The maximum absolute atomic E-state index is 11.9. The summed E-state index contributed by atoms with van der Waals surface area (Å²) in [5.74, 6) is -0.940. The van der Waals surface area contributed by atoms with Gasteiger partial charge >= 0.3 is 11.8 Å². The number of nitrogens with one attached hydrogen (secondary N) is 2. The van der Waals surface area contributed by atoms with Crippen LogP contribution in [-0.4, -0.2) is 23.2 Å². The molecule has 0 aliphatic carbocycles. The second-order valence-corrected chi connectivity index (χ2v) is 5.24. The van der Waals surface area contributed by atoms with Crippen molar-refractivity contribution in [2.75, 3.05) is 0 Å². The van der Waals surface area contributed by atoms with Crippen LogP contribution < -0.4 is 10.9 Å². The first-order chi connectivity index (χ1) is 11.0. The summed E-state index contributed by atoms with van der Waals surface area (Å²) >= 11 is 0. The summed E-state index contributed by atoms with van der Waals surface area (Å²) in [4.78, 5) is 23.7. The maximum Gasteiger partial charge on any atom is 0.307 e. The van der Waals surface area contributed by atoms with Crippen molar-refractivity contribution in [3.05, 3.63) is 23.7 Å². The van der Waals surface area contributed by atoms with Crippen LogP contribution in [0.15, 0.2) is 26.8 Å². The van der Waals surface area contributed by atoms with Gasteiger partial charge in [-0.1, -0.05) is 26.7 Å². The smallest absolute Gasteiger partial charge is 0.307 e. The third kappa shape index (κ3) is 6.46. The van der Waals surface area contributed by atoms with Crippen molar-refractivity contribution in [1.82, 2.24) is 10.9 Å². The van der Waals surface area contributed by atoms with Crippen LogP contribution in [0.4, 0.5) is 0 Å². The quantitative estimate of drug-likeness (QED) is 0.569. The van der Waals surface area contributed by atoms with Gasteiger partial charge in [0.1, 0.15) is 0 Å². The molecule has 1 heterocycles. The fraction of sp³-hybridized carbons (Fsp3) is 0.500. The van der Waals surface area contributed by atoms with Crippen molar-refractivity contribution in [2.45, 2.75) is 53.4 Å². The fourth-order valence-corrected chi connectivity index (χ4v) is 1.82. The predicted molar refractivity (Wildman–Crippen MR) is 89.7 cm³/mol. The van der Waals surface area contributed by atoms with Gasteiger partial charge in [0.2, 0.25) is 0 Å². The van der Waals surface area contributed by atoms with E-state index in [0.717, 1.165) is 37.1 Å². The normalized spacial score (nSPS) is 12.2.